The molecule has 0 N–H and O–H groups in total. The minimum Gasteiger partial charge on any atom is -0.348 e. The minimum atomic E-state index is 0.772. The van der Waals surface area contributed by atoms with Gasteiger partial charge in [0.05, 0.1) is 10.6 Å². The second kappa shape index (κ2) is 4.95. The van der Waals surface area contributed by atoms with E-state index in [-0.39, 0.29) is 0 Å². The molecule has 2 heterocycles. The number of rotatable bonds is 4. The van der Waals surface area contributed by atoms with Crippen LogP contribution < -0.4 is 4.90 Å². The van der Waals surface area contributed by atoms with Gasteiger partial charge in [-0.1, -0.05) is 24.7 Å². The molecular weight excluding hydrogens is 220 g/mol. The molecule has 0 aliphatic carbocycles. The van der Waals surface area contributed by atoms with Crippen LogP contribution in [-0.4, -0.2) is 24.4 Å². The molecule has 1 aliphatic heterocycles. The smallest absolute Gasteiger partial charge is 0.186 e. The van der Waals surface area contributed by atoms with Crippen LogP contribution in [0.25, 0.3) is 0 Å². The summed E-state index contributed by atoms with van der Waals surface area (Å²) in [5.41, 5.74) is 0.869. The molecule has 0 radical (unpaired) electrons. The van der Waals surface area contributed by atoms with Crippen LogP contribution in [0.2, 0.25) is 0 Å². The first kappa shape index (κ1) is 11.6. The van der Waals surface area contributed by atoms with E-state index in [4.69, 9.17) is 0 Å². The maximum Gasteiger partial charge on any atom is 0.186 e. The van der Waals surface area contributed by atoms with E-state index in [0.29, 0.717) is 0 Å². The highest BCUT2D eigenvalue weighted by Crippen LogP contribution is 2.30. The molecule has 0 aromatic carbocycles. The van der Waals surface area contributed by atoms with E-state index in [1.165, 1.54) is 30.6 Å². The molecule has 0 spiro atoms. The highest BCUT2D eigenvalue weighted by molar-refractivity contribution is 7.17. The number of anilines is 1. The zero-order valence-electron chi connectivity index (χ0n) is 9.90. The fourth-order valence-corrected chi connectivity index (χ4v) is 3.20. The van der Waals surface area contributed by atoms with Crippen LogP contribution in [0.5, 0.6) is 0 Å². The van der Waals surface area contributed by atoms with E-state index in [1.54, 1.807) is 0 Å². The van der Waals surface area contributed by atoms with Gasteiger partial charge in [0.1, 0.15) is 0 Å². The summed E-state index contributed by atoms with van der Waals surface area (Å²) in [6.07, 6.45) is 4.75. The largest absolute Gasteiger partial charge is 0.348 e. The topological polar surface area (TPSA) is 33.2 Å². The van der Waals surface area contributed by atoms with Crippen molar-refractivity contribution < 1.29 is 4.79 Å². The van der Waals surface area contributed by atoms with Gasteiger partial charge in [-0.3, -0.25) is 4.79 Å². The summed E-state index contributed by atoms with van der Waals surface area (Å²) in [7, 11) is 0. The molecule has 2 rings (SSSR count). The van der Waals surface area contributed by atoms with E-state index in [0.717, 1.165) is 41.0 Å². The number of aldehydes is 1. The number of aromatic nitrogens is 1. The number of hydrogen-bond acceptors (Lipinski definition) is 4. The van der Waals surface area contributed by atoms with Crippen LogP contribution in [0.4, 0.5) is 5.13 Å². The van der Waals surface area contributed by atoms with Crippen LogP contribution >= 0.6 is 11.3 Å². The van der Waals surface area contributed by atoms with Crippen molar-refractivity contribution in [1.29, 1.82) is 0 Å². The van der Waals surface area contributed by atoms with E-state index in [9.17, 15) is 4.79 Å². The number of hydrogen-bond donors (Lipinski definition) is 0. The number of thiazole rings is 1. The number of nitrogens with zero attached hydrogens (tertiary/aromatic N) is 2. The maximum atomic E-state index is 10.8. The Morgan fingerprint density at radius 3 is 3.06 bits per heavy atom. The zero-order valence-corrected chi connectivity index (χ0v) is 10.7. The van der Waals surface area contributed by atoms with Crippen molar-refractivity contribution in [3.8, 4) is 0 Å². The predicted molar refractivity (Wildman–Crippen MR) is 67.5 cm³/mol. The number of aryl methyl sites for hydroxylation is 1. The molecule has 1 aromatic rings. The van der Waals surface area contributed by atoms with Gasteiger partial charge in [-0.05, 0) is 25.7 Å². The van der Waals surface area contributed by atoms with Crippen LogP contribution in [-0.2, 0) is 0 Å². The molecular formula is C12H18N2OS. The highest BCUT2D eigenvalue weighted by atomic mass is 32.1. The second-order valence-electron chi connectivity index (χ2n) is 4.45. The molecule has 0 bridgehead atoms. The number of carbonyl (C=O) groups excluding carboxylic acids is 1. The third kappa shape index (κ3) is 2.26. The van der Waals surface area contributed by atoms with Crippen LogP contribution in [0.1, 0.15) is 41.6 Å². The van der Waals surface area contributed by atoms with E-state index < -0.39 is 0 Å². The Bertz CT molecular complexity index is 375. The molecule has 1 unspecified atom stereocenters. The lowest BCUT2D eigenvalue weighted by atomic mass is 10.0. The summed E-state index contributed by atoms with van der Waals surface area (Å²) >= 11 is 1.52. The van der Waals surface area contributed by atoms with E-state index in [1.807, 2.05) is 6.92 Å². The molecule has 16 heavy (non-hydrogen) atoms. The Kier molecular flexibility index (Phi) is 3.59. The highest BCUT2D eigenvalue weighted by Gasteiger charge is 2.24. The molecule has 1 fully saturated rings. The van der Waals surface area contributed by atoms with Gasteiger partial charge in [0.2, 0.25) is 0 Å². The standard InChI is InChI=1S/C12H18N2OS/c1-3-4-10-5-6-14(7-10)12-13-9(2)11(8-15)16-12/h8,10H,3-7H2,1-2H3. The maximum absolute atomic E-state index is 10.8. The van der Waals surface area contributed by atoms with Gasteiger partial charge in [0.15, 0.2) is 11.4 Å². The molecule has 3 nitrogen and oxygen atoms in total. The fraction of sp³-hybridized carbons (Fsp3) is 0.667. The molecule has 0 amide bonds. The third-order valence-corrected chi connectivity index (χ3v) is 4.33. The number of carbonyl (C=O) groups is 1. The van der Waals surface area contributed by atoms with Gasteiger partial charge < -0.3 is 4.90 Å². The van der Waals surface area contributed by atoms with E-state index >= 15 is 0 Å². The summed E-state index contributed by atoms with van der Waals surface area (Å²) in [4.78, 5) is 18.3. The first-order chi connectivity index (χ1) is 7.74. The van der Waals surface area contributed by atoms with Crippen molar-refractivity contribution in [3.63, 3.8) is 0 Å². The van der Waals surface area contributed by atoms with Crippen LogP contribution in [0.3, 0.4) is 0 Å². The molecule has 1 atom stereocenters. The van der Waals surface area contributed by atoms with E-state index in [2.05, 4.69) is 16.8 Å². The normalized spacial score (nSPS) is 20.4. The molecule has 1 saturated heterocycles. The Morgan fingerprint density at radius 1 is 1.62 bits per heavy atom. The molecule has 4 heteroatoms. The van der Waals surface area contributed by atoms with Crippen molar-refractivity contribution in [3.05, 3.63) is 10.6 Å². The van der Waals surface area contributed by atoms with Crippen LogP contribution in [0, 0.1) is 12.8 Å². The molecule has 1 aromatic heterocycles. The first-order valence-electron chi connectivity index (χ1n) is 5.92. The lowest BCUT2D eigenvalue weighted by molar-refractivity contribution is 0.112. The van der Waals surface area contributed by atoms with Crippen molar-refractivity contribution in [2.45, 2.75) is 33.1 Å². The third-order valence-electron chi connectivity index (χ3n) is 3.18. The Hall–Kier alpha value is -0.900. The van der Waals surface area contributed by atoms with Crippen LogP contribution in [0.15, 0.2) is 0 Å². The Labute approximate surface area is 100 Å². The van der Waals surface area contributed by atoms with Gasteiger partial charge in [-0.15, -0.1) is 0 Å². The first-order valence-corrected chi connectivity index (χ1v) is 6.73. The SMILES string of the molecule is CCCC1CCN(c2nc(C)c(C=O)s2)C1. The average Bonchev–Trinajstić information content (AvgIpc) is 2.85. The summed E-state index contributed by atoms with van der Waals surface area (Å²) in [6.45, 7) is 6.35. The zero-order chi connectivity index (χ0) is 11.5. The summed E-state index contributed by atoms with van der Waals surface area (Å²) in [5.74, 6) is 0.814. The molecule has 0 saturated carbocycles. The van der Waals surface area contributed by atoms with Crippen molar-refractivity contribution >= 4 is 22.8 Å². The summed E-state index contributed by atoms with van der Waals surface area (Å²) in [6, 6.07) is 0. The van der Waals surface area contributed by atoms with Gasteiger partial charge in [0.25, 0.3) is 0 Å². The fourth-order valence-electron chi connectivity index (χ4n) is 2.29. The van der Waals surface area contributed by atoms with Gasteiger partial charge >= 0.3 is 0 Å². The minimum absolute atomic E-state index is 0.772. The van der Waals surface area contributed by atoms with Gasteiger partial charge in [-0.25, -0.2) is 4.98 Å². The van der Waals surface area contributed by atoms with Crippen molar-refractivity contribution in [2.24, 2.45) is 5.92 Å². The molecule has 1 aliphatic rings. The van der Waals surface area contributed by atoms with Crippen molar-refractivity contribution in [2.75, 3.05) is 18.0 Å². The van der Waals surface area contributed by atoms with Gasteiger partial charge in [-0.2, -0.15) is 0 Å². The quantitative estimate of drug-likeness (QED) is 0.756. The predicted octanol–water partition coefficient (Wildman–Crippen LogP) is 2.89. The van der Waals surface area contributed by atoms with Crippen molar-refractivity contribution in [1.82, 2.24) is 4.98 Å². The monoisotopic (exact) mass is 238 g/mol. The Balaban J connectivity index is 2.05. The average molecular weight is 238 g/mol. The lowest BCUT2D eigenvalue weighted by Gasteiger charge is -2.14. The summed E-state index contributed by atoms with van der Waals surface area (Å²) in [5, 5.41) is 1.03. The molecule has 88 valence electrons. The van der Waals surface area contributed by atoms with Gasteiger partial charge in [0, 0.05) is 13.1 Å². The second-order valence-corrected chi connectivity index (χ2v) is 5.46. The lowest BCUT2D eigenvalue weighted by Crippen LogP contribution is -2.19. The summed E-state index contributed by atoms with van der Waals surface area (Å²) < 4.78 is 0. The Morgan fingerprint density at radius 2 is 2.44 bits per heavy atom.